The molecule has 0 aromatic heterocycles. The predicted octanol–water partition coefficient (Wildman–Crippen LogP) is 16.0. The molecule has 468 valence electrons. The molecule has 0 fully saturated rings. The maximum Gasteiger partial charge on any atom is 0.307 e. The van der Waals surface area contributed by atoms with Gasteiger partial charge < -0.3 is 38.8 Å². The average Bonchev–Trinajstić information content (AvgIpc) is 3.45. The molecule has 0 amide bonds. The lowest BCUT2D eigenvalue weighted by molar-refractivity contribution is -0.145. The van der Waals surface area contributed by atoms with Crippen LogP contribution >= 0.6 is 86.4 Å². The van der Waals surface area contributed by atoms with E-state index in [0.717, 1.165) is 46.0 Å². The van der Waals surface area contributed by atoms with Crippen LogP contribution in [0, 0.1) is 0 Å². The summed E-state index contributed by atoms with van der Waals surface area (Å²) in [5.74, 6) is 6.54. The lowest BCUT2D eigenvalue weighted by Crippen LogP contribution is -2.42. The van der Waals surface area contributed by atoms with Crippen LogP contribution in [0.4, 0.5) is 0 Å². The van der Waals surface area contributed by atoms with Gasteiger partial charge in [-0.05, 0) is 32.1 Å². The van der Waals surface area contributed by atoms with Crippen molar-refractivity contribution >= 4 is 110 Å². The van der Waals surface area contributed by atoms with Gasteiger partial charge in [0.1, 0.15) is 26.4 Å². The van der Waals surface area contributed by atoms with Crippen molar-refractivity contribution in [2.24, 2.45) is 0 Å². The second kappa shape index (κ2) is 66.1. The molecule has 0 heterocycles. The summed E-state index contributed by atoms with van der Waals surface area (Å²) in [6.07, 6.45) is 32.3. The first kappa shape index (κ1) is 79.5. The van der Waals surface area contributed by atoms with Crippen LogP contribution < -0.4 is 0 Å². The molecular formula is C59H115N3O9S8. The summed E-state index contributed by atoms with van der Waals surface area (Å²) in [6, 6.07) is 0. The summed E-state index contributed by atoms with van der Waals surface area (Å²) in [7, 11) is 14.5. The Bertz CT molecular complexity index is 1170. The second-order valence-corrected chi connectivity index (χ2v) is 30.9. The molecule has 0 aromatic rings. The zero-order chi connectivity index (χ0) is 57.6. The molecule has 0 unspecified atom stereocenters. The number of carbonyl (C=O) groups is 4. The van der Waals surface area contributed by atoms with Crippen molar-refractivity contribution in [3.63, 3.8) is 0 Å². The summed E-state index contributed by atoms with van der Waals surface area (Å²) in [5.41, 5.74) is 0. The standard InChI is InChI=1S/C59H115N3O9S8/c1-5-9-13-17-21-25-48-72-76-52-44-68-56(64)30-35-61(36-31-57(65)69-45-53-77-73-49-26-22-18-14-10-6-2)41-39-60(34-29-43-63)40-42-62(37-32-58(66)70-46-54-78-74-50-27-23-19-15-11-7-3)38-33-59(67)71-47-55-79-75-51-28-24-20-16-12-8-4/h63H,5-55H2,1-4H3. The third-order valence-corrected chi connectivity index (χ3v) is 22.8. The molecule has 20 heteroatoms. The number of ether oxygens (including phenoxy) is 4. The lowest BCUT2D eigenvalue weighted by atomic mass is 10.1. The van der Waals surface area contributed by atoms with Crippen molar-refractivity contribution in [1.82, 2.24) is 14.7 Å². The quantitative estimate of drug-likeness (QED) is 0.0267. The van der Waals surface area contributed by atoms with Crippen LogP contribution in [-0.2, 0) is 38.1 Å². The predicted molar refractivity (Wildman–Crippen MR) is 356 cm³/mol. The third-order valence-electron chi connectivity index (χ3n) is 13.0. The van der Waals surface area contributed by atoms with E-state index in [0.29, 0.717) is 91.8 Å². The molecule has 0 atom stereocenters. The fourth-order valence-corrected chi connectivity index (χ4v) is 16.0. The van der Waals surface area contributed by atoms with Crippen LogP contribution in [0.2, 0.25) is 0 Å². The van der Waals surface area contributed by atoms with Crippen molar-refractivity contribution < 1.29 is 43.2 Å². The molecule has 0 saturated heterocycles. The summed E-state index contributed by atoms with van der Waals surface area (Å²) >= 11 is 0. The van der Waals surface area contributed by atoms with Gasteiger partial charge in [-0.2, -0.15) is 0 Å². The fourth-order valence-electron chi connectivity index (χ4n) is 8.15. The number of hydrogen-bond donors (Lipinski definition) is 1. The van der Waals surface area contributed by atoms with Crippen molar-refractivity contribution in [2.75, 3.05) is 138 Å². The van der Waals surface area contributed by atoms with E-state index in [9.17, 15) is 24.3 Å². The smallest absolute Gasteiger partial charge is 0.307 e. The Labute approximate surface area is 516 Å². The molecule has 0 saturated carbocycles. The molecule has 12 nitrogen and oxygen atoms in total. The Morgan fingerprint density at radius 1 is 0.278 bits per heavy atom. The van der Waals surface area contributed by atoms with Gasteiger partial charge >= 0.3 is 23.9 Å². The molecule has 0 aliphatic carbocycles. The molecule has 0 bridgehead atoms. The maximum absolute atomic E-state index is 13.0. The first-order valence-corrected chi connectivity index (χ1v) is 41.1. The van der Waals surface area contributed by atoms with Crippen LogP contribution in [0.3, 0.4) is 0 Å². The van der Waals surface area contributed by atoms with Gasteiger partial charge in [-0.1, -0.05) is 242 Å². The number of nitrogens with zero attached hydrogens (tertiary/aromatic N) is 3. The SMILES string of the molecule is CCCCCCCCSSCCOC(=O)CCN(CCC(=O)OCCSSCCCCCCCC)CCN(CCCO)CCN(CCC(=O)OCCSSCCCCCCCC)CCC(=O)OCCSSCCCCCCCC. The summed E-state index contributed by atoms with van der Waals surface area (Å²) < 4.78 is 22.6. The van der Waals surface area contributed by atoms with Crippen LogP contribution in [-0.4, -0.2) is 182 Å². The van der Waals surface area contributed by atoms with Gasteiger partial charge in [0, 0.05) is 112 Å². The minimum absolute atomic E-state index is 0.0522. The van der Waals surface area contributed by atoms with Crippen LogP contribution in [0.15, 0.2) is 0 Å². The first-order valence-electron chi connectivity index (χ1n) is 31.2. The van der Waals surface area contributed by atoms with Gasteiger partial charge in [0.25, 0.3) is 0 Å². The second-order valence-electron chi connectivity index (χ2n) is 20.1. The van der Waals surface area contributed by atoms with Crippen molar-refractivity contribution in [1.29, 1.82) is 0 Å². The normalized spacial score (nSPS) is 11.6. The highest BCUT2D eigenvalue weighted by Gasteiger charge is 2.18. The van der Waals surface area contributed by atoms with Gasteiger partial charge in [-0.15, -0.1) is 0 Å². The summed E-state index contributed by atoms with van der Waals surface area (Å²) in [4.78, 5) is 58.5. The number of rotatable bonds is 65. The zero-order valence-electron chi connectivity index (χ0n) is 50.4. The maximum atomic E-state index is 13.0. The van der Waals surface area contributed by atoms with E-state index in [2.05, 4.69) is 42.4 Å². The van der Waals surface area contributed by atoms with E-state index in [-0.39, 0.29) is 56.2 Å². The Kier molecular flexibility index (Phi) is 66.5. The Hall–Kier alpha value is 0.520. The minimum atomic E-state index is -0.239. The molecule has 0 spiro atoms. The van der Waals surface area contributed by atoms with Gasteiger partial charge in [0.2, 0.25) is 0 Å². The average molecular weight is 1270 g/mol. The number of esters is 4. The van der Waals surface area contributed by atoms with Gasteiger partial charge in [0.05, 0.1) is 25.7 Å². The molecule has 0 radical (unpaired) electrons. The number of unbranched alkanes of at least 4 members (excludes halogenated alkanes) is 20. The van der Waals surface area contributed by atoms with Crippen LogP contribution in [0.25, 0.3) is 0 Å². The van der Waals surface area contributed by atoms with Crippen LogP contribution in [0.1, 0.15) is 214 Å². The topological polar surface area (TPSA) is 135 Å². The highest BCUT2D eigenvalue weighted by Crippen LogP contribution is 2.26. The number of carbonyl (C=O) groups excluding carboxylic acids is 4. The van der Waals surface area contributed by atoms with E-state index in [1.807, 2.05) is 43.2 Å². The Morgan fingerprint density at radius 2 is 0.494 bits per heavy atom. The Balaban J connectivity index is 5.46. The molecule has 0 aliphatic heterocycles. The van der Waals surface area contributed by atoms with E-state index < -0.39 is 0 Å². The van der Waals surface area contributed by atoms with Gasteiger partial charge in [0.15, 0.2) is 0 Å². The van der Waals surface area contributed by atoms with Gasteiger partial charge in [-0.3, -0.25) is 19.2 Å². The largest absolute Gasteiger partial charge is 0.465 e. The van der Waals surface area contributed by atoms with Crippen molar-refractivity contribution in [3.05, 3.63) is 0 Å². The van der Waals surface area contributed by atoms with Crippen LogP contribution in [0.5, 0.6) is 0 Å². The lowest BCUT2D eigenvalue weighted by Gasteiger charge is -2.30. The molecule has 1 N–H and O–H groups in total. The molecule has 79 heavy (non-hydrogen) atoms. The fraction of sp³-hybridized carbons (Fsp3) is 0.932. The minimum Gasteiger partial charge on any atom is -0.465 e. The van der Waals surface area contributed by atoms with E-state index >= 15 is 0 Å². The van der Waals surface area contributed by atoms with E-state index in [4.69, 9.17) is 18.9 Å². The Morgan fingerprint density at radius 3 is 0.734 bits per heavy atom. The molecule has 0 aromatic carbocycles. The highest BCUT2D eigenvalue weighted by molar-refractivity contribution is 8.77. The van der Waals surface area contributed by atoms with Crippen molar-refractivity contribution in [3.8, 4) is 0 Å². The number of aliphatic hydroxyl groups is 1. The molecular weight excluding hydrogens is 1150 g/mol. The first-order chi connectivity index (χ1) is 38.8. The summed E-state index contributed by atoms with van der Waals surface area (Å²) in [6.45, 7) is 15.5. The van der Waals surface area contributed by atoms with Gasteiger partial charge in [-0.25, -0.2) is 0 Å². The van der Waals surface area contributed by atoms with E-state index in [1.165, 1.54) is 154 Å². The summed E-state index contributed by atoms with van der Waals surface area (Å²) in [5, 5.41) is 9.90. The monoisotopic (exact) mass is 1270 g/mol. The third kappa shape index (κ3) is 61.4. The molecule has 0 aliphatic rings. The number of aliphatic hydroxyl groups excluding tert-OH is 1. The van der Waals surface area contributed by atoms with E-state index in [1.54, 1.807) is 43.2 Å². The number of hydrogen-bond acceptors (Lipinski definition) is 20. The molecule has 0 rings (SSSR count). The zero-order valence-corrected chi connectivity index (χ0v) is 56.9. The van der Waals surface area contributed by atoms with Crippen molar-refractivity contribution in [2.45, 2.75) is 214 Å². The highest BCUT2D eigenvalue weighted by atomic mass is 33.1.